The molecule has 3 nitrogen and oxygen atoms in total. The van der Waals surface area contributed by atoms with Crippen LogP contribution in [0.3, 0.4) is 0 Å². The molecule has 2 aromatic carbocycles. The van der Waals surface area contributed by atoms with Crippen LogP contribution in [0.5, 0.6) is 5.75 Å². The quantitative estimate of drug-likeness (QED) is 0.547. The molecule has 106 valence electrons. The summed E-state index contributed by atoms with van der Waals surface area (Å²) in [6.45, 7) is 0.247. The Bertz CT molecular complexity index is 861. The van der Waals surface area contributed by atoms with E-state index in [1.54, 1.807) is 6.07 Å². The Morgan fingerprint density at radius 2 is 1.82 bits per heavy atom. The molecule has 0 bridgehead atoms. The number of aromatic nitrogens is 1. The Morgan fingerprint density at radius 1 is 1.05 bits per heavy atom. The summed E-state index contributed by atoms with van der Waals surface area (Å²) in [7, 11) is 0. The molecule has 3 heteroatoms. The molecule has 0 N–H and O–H groups in total. The summed E-state index contributed by atoms with van der Waals surface area (Å²) in [5.41, 5.74) is 1.79. The van der Waals surface area contributed by atoms with Crippen molar-refractivity contribution in [3.63, 3.8) is 0 Å². The van der Waals surface area contributed by atoms with Gasteiger partial charge in [0, 0.05) is 10.9 Å². The normalized spacial score (nSPS) is 9.82. The summed E-state index contributed by atoms with van der Waals surface area (Å²) >= 11 is 0. The standard InChI is InChI=1S/C19H13NO2/c21-14-16-13-15-7-4-5-10-18(15)20-19(16)11-6-12-22-17-8-2-1-3-9-17/h1-5,7-10,13-14H,12H2. The molecule has 0 aliphatic rings. The number of ether oxygens (including phenoxy) is 1. The molecule has 0 saturated heterocycles. The minimum absolute atomic E-state index is 0.247. The minimum Gasteiger partial charge on any atom is -0.481 e. The van der Waals surface area contributed by atoms with Gasteiger partial charge in [-0.15, -0.1) is 0 Å². The number of rotatable bonds is 3. The average molecular weight is 287 g/mol. The third-order valence-electron chi connectivity index (χ3n) is 3.14. The van der Waals surface area contributed by atoms with Gasteiger partial charge in [-0.25, -0.2) is 4.98 Å². The van der Waals surface area contributed by atoms with Crippen LogP contribution in [0, 0.1) is 11.8 Å². The summed E-state index contributed by atoms with van der Waals surface area (Å²) in [5.74, 6) is 6.57. The molecular formula is C19H13NO2. The van der Waals surface area contributed by atoms with Gasteiger partial charge in [0.15, 0.2) is 6.29 Å². The van der Waals surface area contributed by atoms with Crippen molar-refractivity contribution in [3.8, 4) is 17.6 Å². The first-order valence-corrected chi connectivity index (χ1v) is 6.88. The van der Waals surface area contributed by atoms with E-state index >= 15 is 0 Å². The summed E-state index contributed by atoms with van der Waals surface area (Å²) in [4.78, 5) is 15.6. The second kappa shape index (κ2) is 6.55. The lowest BCUT2D eigenvalue weighted by Gasteiger charge is -2.01. The van der Waals surface area contributed by atoms with Gasteiger partial charge in [-0.3, -0.25) is 4.79 Å². The highest BCUT2D eigenvalue weighted by Gasteiger charge is 2.03. The summed E-state index contributed by atoms with van der Waals surface area (Å²) in [5, 5.41) is 0.927. The Hall–Kier alpha value is -3.12. The molecule has 0 radical (unpaired) electrons. The van der Waals surface area contributed by atoms with Gasteiger partial charge in [-0.1, -0.05) is 42.3 Å². The van der Waals surface area contributed by atoms with Crippen molar-refractivity contribution in [3.05, 3.63) is 71.9 Å². The van der Waals surface area contributed by atoms with E-state index in [9.17, 15) is 4.79 Å². The molecule has 0 aliphatic heterocycles. The first kappa shape index (κ1) is 13.8. The lowest BCUT2D eigenvalue weighted by molar-refractivity contribution is 0.112. The van der Waals surface area contributed by atoms with Gasteiger partial charge in [0.2, 0.25) is 0 Å². The second-order valence-electron chi connectivity index (χ2n) is 4.64. The number of fused-ring (bicyclic) bond motifs is 1. The van der Waals surface area contributed by atoms with E-state index in [-0.39, 0.29) is 6.61 Å². The predicted octanol–water partition coefficient (Wildman–Crippen LogP) is 3.48. The summed E-state index contributed by atoms with van der Waals surface area (Å²) in [6, 6.07) is 18.9. The van der Waals surface area contributed by atoms with Crippen LogP contribution in [0.1, 0.15) is 16.1 Å². The van der Waals surface area contributed by atoms with Crippen molar-refractivity contribution in [2.24, 2.45) is 0 Å². The van der Waals surface area contributed by atoms with Crippen LogP contribution in [0.2, 0.25) is 0 Å². The van der Waals surface area contributed by atoms with Crippen LogP contribution < -0.4 is 4.74 Å². The predicted molar refractivity (Wildman–Crippen MR) is 85.9 cm³/mol. The topological polar surface area (TPSA) is 39.2 Å². The maximum Gasteiger partial charge on any atom is 0.152 e. The zero-order valence-corrected chi connectivity index (χ0v) is 11.8. The molecule has 0 fully saturated rings. The van der Waals surface area contributed by atoms with Crippen molar-refractivity contribution in [2.45, 2.75) is 0 Å². The largest absolute Gasteiger partial charge is 0.481 e. The number of carbonyl (C=O) groups excluding carboxylic acids is 1. The van der Waals surface area contributed by atoms with Gasteiger partial charge >= 0.3 is 0 Å². The highest BCUT2D eigenvalue weighted by atomic mass is 16.5. The third kappa shape index (κ3) is 3.13. The number of hydrogen-bond acceptors (Lipinski definition) is 3. The van der Waals surface area contributed by atoms with E-state index in [4.69, 9.17) is 4.74 Å². The van der Waals surface area contributed by atoms with E-state index in [1.807, 2.05) is 54.6 Å². The zero-order chi connectivity index (χ0) is 15.2. The lowest BCUT2D eigenvalue weighted by Crippen LogP contribution is -1.96. The van der Waals surface area contributed by atoms with Crippen molar-refractivity contribution < 1.29 is 9.53 Å². The number of pyridine rings is 1. The molecule has 3 rings (SSSR count). The Balaban J connectivity index is 1.81. The van der Waals surface area contributed by atoms with Gasteiger partial charge in [-0.2, -0.15) is 0 Å². The Kier molecular flexibility index (Phi) is 4.12. The third-order valence-corrected chi connectivity index (χ3v) is 3.14. The van der Waals surface area contributed by atoms with Crippen molar-refractivity contribution in [1.29, 1.82) is 0 Å². The highest BCUT2D eigenvalue weighted by molar-refractivity contribution is 5.88. The van der Waals surface area contributed by atoms with Gasteiger partial charge in [-0.05, 0) is 30.2 Å². The van der Waals surface area contributed by atoms with Gasteiger partial charge in [0.05, 0.1) is 5.52 Å². The zero-order valence-electron chi connectivity index (χ0n) is 11.8. The van der Waals surface area contributed by atoms with Crippen molar-refractivity contribution in [2.75, 3.05) is 6.61 Å². The summed E-state index contributed by atoms with van der Waals surface area (Å²) in [6.07, 6.45) is 0.779. The van der Waals surface area contributed by atoms with Crippen LogP contribution in [0.25, 0.3) is 10.9 Å². The Morgan fingerprint density at radius 3 is 2.64 bits per heavy atom. The first-order chi connectivity index (χ1) is 10.9. The van der Waals surface area contributed by atoms with Crippen LogP contribution in [-0.2, 0) is 0 Å². The molecule has 0 atom stereocenters. The van der Waals surface area contributed by atoms with Gasteiger partial charge in [0.25, 0.3) is 0 Å². The molecule has 0 aliphatic carbocycles. The number of carbonyl (C=O) groups is 1. The SMILES string of the molecule is O=Cc1cc2ccccc2nc1C#CCOc1ccccc1. The lowest BCUT2D eigenvalue weighted by atomic mass is 10.1. The highest BCUT2D eigenvalue weighted by Crippen LogP contribution is 2.15. The molecular weight excluding hydrogens is 274 g/mol. The van der Waals surface area contributed by atoms with Crippen molar-refractivity contribution >= 4 is 17.2 Å². The number of nitrogens with zero attached hydrogens (tertiary/aromatic N) is 1. The van der Waals surface area contributed by atoms with E-state index < -0.39 is 0 Å². The average Bonchev–Trinajstić information content (AvgIpc) is 2.59. The molecule has 0 saturated carbocycles. The summed E-state index contributed by atoms with van der Waals surface area (Å²) < 4.78 is 5.50. The number of benzene rings is 2. The molecule has 1 heterocycles. The van der Waals surface area contributed by atoms with Crippen LogP contribution in [0.4, 0.5) is 0 Å². The van der Waals surface area contributed by atoms with E-state index in [0.29, 0.717) is 11.3 Å². The van der Waals surface area contributed by atoms with Crippen LogP contribution >= 0.6 is 0 Å². The van der Waals surface area contributed by atoms with Gasteiger partial charge in [0.1, 0.15) is 18.1 Å². The smallest absolute Gasteiger partial charge is 0.152 e. The molecule has 3 aromatic rings. The fraction of sp³-hybridized carbons (Fsp3) is 0.0526. The first-order valence-electron chi connectivity index (χ1n) is 6.88. The van der Waals surface area contributed by atoms with Crippen molar-refractivity contribution in [1.82, 2.24) is 4.98 Å². The van der Waals surface area contributed by atoms with Crippen LogP contribution in [-0.4, -0.2) is 17.9 Å². The maximum absolute atomic E-state index is 11.2. The van der Waals surface area contributed by atoms with E-state index in [0.717, 1.165) is 22.9 Å². The Labute approximate surface area is 128 Å². The fourth-order valence-corrected chi connectivity index (χ4v) is 2.08. The molecule has 22 heavy (non-hydrogen) atoms. The second-order valence-corrected chi connectivity index (χ2v) is 4.64. The molecule has 0 amide bonds. The van der Waals surface area contributed by atoms with Gasteiger partial charge < -0.3 is 4.74 Å². The fourth-order valence-electron chi connectivity index (χ4n) is 2.08. The number of aldehydes is 1. The number of para-hydroxylation sites is 2. The van der Waals surface area contributed by atoms with E-state index in [2.05, 4.69) is 16.8 Å². The molecule has 0 unspecified atom stereocenters. The maximum atomic E-state index is 11.2. The molecule has 0 spiro atoms. The number of hydrogen-bond donors (Lipinski definition) is 0. The van der Waals surface area contributed by atoms with Crippen LogP contribution in [0.15, 0.2) is 60.7 Å². The van der Waals surface area contributed by atoms with E-state index in [1.165, 1.54) is 0 Å². The molecule has 1 aromatic heterocycles. The monoisotopic (exact) mass is 287 g/mol. The minimum atomic E-state index is 0.247.